The molecule has 3 heterocycles. The van der Waals surface area contributed by atoms with E-state index in [1.807, 2.05) is 25.1 Å². The lowest BCUT2D eigenvalue weighted by Gasteiger charge is -2.46. The summed E-state index contributed by atoms with van der Waals surface area (Å²) in [6, 6.07) is 5.92. The van der Waals surface area contributed by atoms with Gasteiger partial charge in [0.25, 0.3) is 0 Å². The highest BCUT2D eigenvalue weighted by Crippen LogP contribution is 2.37. The lowest BCUT2D eigenvalue weighted by atomic mass is 9.71. The number of benzene rings is 1. The standard InChI is InChI=1S/C20H26N4O4/c1-13-4-2-5-14-18(13)23-16(22-14)10-28-11-17(26)24-9-6-15(25)20(12-24)7-3-8-21-19(20)27/h2,4-5,15,25H,3,6-12H2,1H3,(H,21,27)(H,22,23)/t15-,20+/m0/s1. The molecule has 2 aliphatic rings. The zero-order valence-corrected chi connectivity index (χ0v) is 16.0. The number of aromatic nitrogens is 2. The molecule has 8 nitrogen and oxygen atoms in total. The molecule has 0 bridgehead atoms. The van der Waals surface area contributed by atoms with Crippen LogP contribution in [0.1, 0.15) is 30.7 Å². The Morgan fingerprint density at radius 1 is 1.46 bits per heavy atom. The summed E-state index contributed by atoms with van der Waals surface area (Å²) in [6.07, 6.45) is 1.11. The number of carbonyl (C=O) groups is 2. The second-order valence-corrected chi connectivity index (χ2v) is 7.78. The fourth-order valence-corrected chi connectivity index (χ4v) is 4.28. The molecule has 3 N–H and O–H groups in total. The summed E-state index contributed by atoms with van der Waals surface area (Å²) in [4.78, 5) is 34.4. The largest absolute Gasteiger partial charge is 0.392 e. The normalized spacial score (nSPS) is 25.3. The van der Waals surface area contributed by atoms with Crippen molar-refractivity contribution in [2.75, 3.05) is 26.2 Å². The van der Waals surface area contributed by atoms with E-state index in [4.69, 9.17) is 4.74 Å². The molecule has 0 aliphatic carbocycles. The van der Waals surface area contributed by atoms with E-state index in [1.54, 1.807) is 4.90 Å². The first-order valence-corrected chi connectivity index (χ1v) is 9.76. The molecule has 0 saturated carbocycles. The second kappa shape index (κ2) is 7.52. The molecule has 0 unspecified atom stereocenters. The summed E-state index contributed by atoms with van der Waals surface area (Å²) < 4.78 is 5.59. The highest BCUT2D eigenvalue weighted by molar-refractivity contribution is 5.86. The first-order chi connectivity index (χ1) is 13.5. The number of H-pyrrole nitrogens is 1. The molecule has 2 aromatic rings. The maximum atomic E-state index is 12.6. The van der Waals surface area contributed by atoms with Crippen LogP contribution in [0.25, 0.3) is 11.0 Å². The van der Waals surface area contributed by atoms with Gasteiger partial charge < -0.3 is 25.0 Å². The van der Waals surface area contributed by atoms with Crippen LogP contribution in [0.4, 0.5) is 0 Å². The molecular weight excluding hydrogens is 360 g/mol. The van der Waals surface area contributed by atoms with Gasteiger partial charge in [-0.25, -0.2) is 4.98 Å². The van der Waals surface area contributed by atoms with E-state index in [9.17, 15) is 14.7 Å². The molecule has 1 aromatic heterocycles. The van der Waals surface area contributed by atoms with E-state index in [1.165, 1.54) is 0 Å². The van der Waals surface area contributed by atoms with E-state index in [2.05, 4.69) is 15.3 Å². The van der Waals surface area contributed by atoms with Crippen molar-refractivity contribution < 1.29 is 19.4 Å². The molecule has 2 saturated heterocycles. The molecule has 28 heavy (non-hydrogen) atoms. The maximum Gasteiger partial charge on any atom is 0.248 e. The van der Waals surface area contributed by atoms with Crippen LogP contribution in [0.15, 0.2) is 18.2 Å². The summed E-state index contributed by atoms with van der Waals surface area (Å²) in [7, 11) is 0. The number of fused-ring (bicyclic) bond motifs is 1. The predicted octanol–water partition coefficient (Wildman–Crippen LogP) is 0.878. The minimum atomic E-state index is -0.886. The van der Waals surface area contributed by atoms with Gasteiger partial charge in [-0.15, -0.1) is 0 Å². The molecule has 2 aliphatic heterocycles. The third kappa shape index (κ3) is 3.38. The number of ether oxygens (including phenoxy) is 1. The van der Waals surface area contributed by atoms with Gasteiger partial charge in [0.15, 0.2) is 0 Å². The monoisotopic (exact) mass is 386 g/mol. The Labute approximate surface area is 163 Å². The van der Waals surface area contributed by atoms with E-state index >= 15 is 0 Å². The summed E-state index contributed by atoms with van der Waals surface area (Å²) in [6.45, 7) is 3.43. The maximum absolute atomic E-state index is 12.6. The first kappa shape index (κ1) is 18.9. The number of nitrogens with one attached hydrogen (secondary N) is 2. The van der Waals surface area contributed by atoms with E-state index < -0.39 is 11.5 Å². The third-order valence-corrected chi connectivity index (χ3v) is 5.90. The molecular formula is C20H26N4O4. The van der Waals surface area contributed by atoms with E-state index in [0.29, 0.717) is 31.8 Å². The lowest BCUT2D eigenvalue weighted by Crippen LogP contribution is -2.62. The fourth-order valence-electron chi connectivity index (χ4n) is 4.28. The zero-order valence-electron chi connectivity index (χ0n) is 16.0. The fraction of sp³-hybridized carbons (Fsp3) is 0.550. The molecule has 2 fully saturated rings. The van der Waals surface area contributed by atoms with Gasteiger partial charge in [-0.2, -0.15) is 0 Å². The SMILES string of the molecule is Cc1cccc2[nH]c(COCC(=O)N3CC[C@H](O)[C@@]4(CCCNC4=O)C3)nc12. The Morgan fingerprint density at radius 2 is 2.32 bits per heavy atom. The topological polar surface area (TPSA) is 108 Å². The number of aliphatic hydroxyl groups is 1. The van der Waals surface area contributed by atoms with Crippen LogP contribution < -0.4 is 5.32 Å². The number of nitrogens with zero attached hydrogens (tertiary/aromatic N) is 2. The minimum absolute atomic E-state index is 0.0795. The number of carbonyl (C=O) groups excluding carboxylic acids is 2. The van der Waals surface area contributed by atoms with Gasteiger partial charge in [0.2, 0.25) is 11.8 Å². The minimum Gasteiger partial charge on any atom is -0.392 e. The molecule has 150 valence electrons. The number of likely N-dealkylation sites (tertiary alicyclic amines) is 1. The summed E-state index contributed by atoms with van der Waals surface area (Å²) in [5, 5.41) is 13.3. The molecule has 2 amide bonds. The van der Waals surface area contributed by atoms with Crippen LogP contribution in [-0.4, -0.2) is 64.1 Å². The number of imidazole rings is 1. The smallest absolute Gasteiger partial charge is 0.248 e. The first-order valence-electron chi connectivity index (χ1n) is 9.76. The zero-order chi connectivity index (χ0) is 19.7. The Morgan fingerprint density at radius 3 is 3.11 bits per heavy atom. The number of aliphatic hydroxyl groups excluding tert-OH is 1. The number of aromatic amines is 1. The number of hydrogen-bond donors (Lipinski definition) is 3. The van der Waals surface area contributed by atoms with Crippen LogP contribution in [0.2, 0.25) is 0 Å². The molecule has 1 spiro atoms. The van der Waals surface area contributed by atoms with Crippen molar-refractivity contribution in [1.29, 1.82) is 0 Å². The molecule has 1 aromatic carbocycles. The number of hydrogen-bond acceptors (Lipinski definition) is 5. The van der Waals surface area contributed by atoms with Gasteiger partial charge in [-0.05, 0) is 37.8 Å². The van der Waals surface area contributed by atoms with Gasteiger partial charge in [-0.1, -0.05) is 12.1 Å². The average molecular weight is 386 g/mol. The average Bonchev–Trinajstić information content (AvgIpc) is 3.10. The Kier molecular flexibility index (Phi) is 5.07. The van der Waals surface area contributed by atoms with Crippen LogP contribution in [-0.2, 0) is 20.9 Å². The number of piperidine rings is 2. The summed E-state index contributed by atoms with van der Waals surface area (Å²) in [5.74, 6) is 0.355. The van der Waals surface area contributed by atoms with Gasteiger partial charge >= 0.3 is 0 Å². The quantitative estimate of drug-likeness (QED) is 0.723. The number of para-hydroxylation sites is 1. The van der Waals surface area contributed by atoms with E-state index in [0.717, 1.165) is 23.0 Å². The van der Waals surface area contributed by atoms with E-state index in [-0.39, 0.29) is 31.6 Å². The Hall–Kier alpha value is -2.45. The van der Waals surface area contributed by atoms with Crippen molar-refractivity contribution in [1.82, 2.24) is 20.2 Å². The van der Waals surface area contributed by atoms with Crippen molar-refractivity contribution in [2.24, 2.45) is 5.41 Å². The highest BCUT2D eigenvalue weighted by Gasteiger charge is 2.50. The molecule has 8 heteroatoms. The summed E-state index contributed by atoms with van der Waals surface area (Å²) >= 11 is 0. The van der Waals surface area contributed by atoms with Crippen molar-refractivity contribution >= 4 is 22.8 Å². The second-order valence-electron chi connectivity index (χ2n) is 7.78. The molecule has 0 radical (unpaired) electrons. The van der Waals surface area contributed by atoms with Crippen molar-refractivity contribution in [3.63, 3.8) is 0 Å². The van der Waals surface area contributed by atoms with Crippen LogP contribution >= 0.6 is 0 Å². The van der Waals surface area contributed by atoms with Gasteiger partial charge in [-0.3, -0.25) is 9.59 Å². The molecule has 2 atom stereocenters. The van der Waals surface area contributed by atoms with Crippen LogP contribution in [0, 0.1) is 12.3 Å². The number of aryl methyl sites for hydroxylation is 1. The third-order valence-electron chi connectivity index (χ3n) is 5.90. The van der Waals surface area contributed by atoms with Crippen molar-refractivity contribution in [2.45, 2.75) is 38.9 Å². The van der Waals surface area contributed by atoms with Crippen LogP contribution in [0.3, 0.4) is 0 Å². The van der Waals surface area contributed by atoms with Gasteiger partial charge in [0.1, 0.15) is 19.0 Å². The summed E-state index contributed by atoms with van der Waals surface area (Å²) in [5.41, 5.74) is 2.05. The van der Waals surface area contributed by atoms with Crippen molar-refractivity contribution in [3.8, 4) is 0 Å². The number of rotatable bonds is 4. The number of amides is 2. The lowest BCUT2D eigenvalue weighted by molar-refractivity contribution is -0.156. The van der Waals surface area contributed by atoms with Gasteiger partial charge in [0.05, 0.1) is 22.6 Å². The van der Waals surface area contributed by atoms with Gasteiger partial charge in [0, 0.05) is 19.6 Å². The van der Waals surface area contributed by atoms with Crippen molar-refractivity contribution in [3.05, 3.63) is 29.6 Å². The van der Waals surface area contributed by atoms with Crippen LogP contribution in [0.5, 0.6) is 0 Å². The predicted molar refractivity (Wildman–Crippen MR) is 102 cm³/mol. The Bertz CT molecular complexity index is 895. The Balaban J connectivity index is 1.35. The highest BCUT2D eigenvalue weighted by atomic mass is 16.5. The molecule has 4 rings (SSSR count).